The van der Waals surface area contributed by atoms with Crippen LogP contribution >= 0.6 is 11.3 Å². The molecule has 5 heteroatoms. The number of fused-ring (bicyclic) bond motifs is 1. The van der Waals surface area contributed by atoms with Gasteiger partial charge in [0, 0.05) is 24.5 Å². The van der Waals surface area contributed by atoms with Gasteiger partial charge in [-0.3, -0.25) is 4.90 Å². The topological polar surface area (TPSA) is 51.4 Å². The number of nitrogens with two attached hydrogens (primary N) is 1. The zero-order valence-electron chi connectivity index (χ0n) is 10.8. The number of aromatic nitrogens is 1. The van der Waals surface area contributed by atoms with E-state index in [0.717, 1.165) is 24.7 Å². The van der Waals surface area contributed by atoms with E-state index < -0.39 is 0 Å². The summed E-state index contributed by atoms with van der Waals surface area (Å²) < 4.78 is 5.83. The Hall–Kier alpha value is -0.490. The van der Waals surface area contributed by atoms with E-state index in [1.54, 1.807) is 11.3 Å². The first kappa shape index (κ1) is 12.5. The lowest BCUT2D eigenvalue weighted by molar-refractivity contribution is -0.0591. The maximum Gasteiger partial charge on any atom is 0.109 e. The van der Waals surface area contributed by atoms with Gasteiger partial charge in [0.05, 0.1) is 24.4 Å². The summed E-state index contributed by atoms with van der Waals surface area (Å²) in [5.74, 6) is 0. The van der Waals surface area contributed by atoms with Gasteiger partial charge in [-0.05, 0) is 26.2 Å². The first-order valence-electron chi connectivity index (χ1n) is 6.79. The highest BCUT2D eigenvalue weighted by Crippen LogP contribution is 2.30. The van der Waals surface area contributed by atoms with Crippen LogP contribution in [0.3, 0.4) is 0 Å². The van der Waals surface area contributed by atoms with E-state index in [0.29, 0.717) is 12.1 Å². The third-order valence-corrected chi connectivity index (χ3v) is 5.02. The first-order chi connectivity index (χ1) is 8.74. The molecule has 0 aromatic carbocycles. The van der Waals surface area contributed by atoms with Gasteiger partial charge in [-0.1, -0.05) is 0 Å². The summed E-state index contributed by atoms with van der Waals surface area (Å²) in [5, 5.41) is 3.19. The zero-order valence-corrected chi connectivity index (χ0v) is 11.7. The summed E-state index contributed by atoms with van der Waals surface area (Å²) in [4.78, 5) is 7.17. The van der Waals surface area contributed by atoms with E-state index in [1.807, 2.05) is 6.92 Å². The van der Waals surface area contributed by atoms with Crippen molar-refractivity contribution < 1.29 is 4.74 Å². The summed E-state index contributed by atoms with van der Waals surface area (Å²) in [6, 6.07) is 0.659. The van der Waals surface area contributed by atoms with Gasteiger partial charge in [-0.25, -0.2) is 4.98 Å². The molecule has 3 rings (SSSR count). The predicted molar refractivity (Wildman–Crippen MR) is 72.5 cm³/mol. The lowest BCUT2D eigenvalue weighted by atomic mass is 10.1. The van der Waals surface area contributed by atoms with Crippen molar-refractivity contribution in [3.05, 3.63) is 16.1 Å². The minimum atomic E-state index is 0.0488. The minimum Gasteiger partial charge on any atom is -0.375 e. The van der Waals surface area contributed by atoms with Crippen molar-refractivity contribution in [2.45, 2.75) is 50.9 Å². The average Bonchev–Trinajstić information content (AvgIpc) is 2.97. The summed E-state index contributed by atoms with van der Waals surface area (Å²) >= 11 is 1.68. The number of hydrogen-bond acceptors (Lipinski definition) is 5. The molecule has 1 aliphatic heterocycles. The molecule has 100 valence electrons. The van der Waals surface area contributed by atoms with Crippen LogP contribution in [0.25, 0.3) is 0 Å². The molecule has 0 radical (unpaired) electrons. The third kappa shape index (κ3) is 2.45. The van der Waals surface area contributed by atoms with Crippen LogP contribution in [-0.4, -0.2) is 35.2 Å². The molecule has 0 spiro atoms. The molecule has 2 fully saturated rings. The van der Waals surface area contributed by atoms with Crippen molar-refractivity contribution in [2.24, 2.45) is 5.73 Å². The van der Waals surface area contributed by atoms with Crippen LogP contribution in [0, 0.1) is 0 Å². The molecule has 3 atom stereocenters. The van der Waals surface area contributed by atoms with Crippen LogP contribution in [0.5, 0.6) is 0 Å². The maximum absolute atomic E-state index is 5.86. The van der Waals surface area contributed by atoms with E-state index in [-0.39, 0.29) is 6.04 Å². The molecule has 1 aliphatic carbocycles. The van der Waals surface area contributed by atoms with Gasteiger partial charge in [0.1, 0.15) is 5.01 Å². The molecule has 2 heterocycles. The first-order valence-corrected chi connectivity index (χ1v) is 7.67. The predicted octanol–water partition coefficient (Wildman–Crippen LogP) is 1.92. The Morgan fingerprint density at radius 3 is 3.28 bits per heavy atom. The van der Waals surface area contributed by atoms with Crippen LogP contribution in [-0.2, 0) is 11.3 Å². The minimum absolute atomic E-state index is 0.0488. The number of ether oxygens (including phenoxy) is 1. The maximum atomic E-state index is 5.86. The molecular weight excluding hydrogens is 246 g/mol. The summed E-state index contributed by atoms with van der Waals surface area (Å²) in [7, 11) is 0. The monoisotopic (exact) mass is 267 g/mol. The highest BCUT2D eigenvalue weighted by atomic mass is 32.1. The molecule has 18 heavy (non-hydrogen) atoms. The Morgan fingerprint density at radius 1 is 1.61 bits per heavy atom. The fourth-order valence-electron chi connectivity index (χ4n) is 3.01. The van der Waals surface area contributed by atoms with Crippen molar-refractivity contribution >= 4 is 11.3 Å². The second-order valence-corrected chi connectivity index (χ2v) is 6.23. The lowest BCUT2D eigenvalue weighted by Crippen LogP contribution is -2.47. The number of hydrogen-bond donors (Lipinski definition) is 1. The SMILES string of the molecule is CC(N)c1nc(CN2CCOC3CCCC32)cs1. The molecule has 2 N–H and O–H groups in total. The Balaban J connectivity index is 1.67. The van der Waals surface area contributed by atoms with E-state index in [9.17, 15) is 0 Å². The normalized spacial score (nSPS) is 30.3. The second-order valence-electron chi connectivity index (χ2n) is 5.34. The zero-order chi connectivity index (χ0) is 12.5. The van der Waals surface area contributed by atoms with Crippen molar-refractivity contribution in [3.63, 3.8) is 0 Å². The molecule has 2 aliphatic rings. The van der Waals surface area contributed by atoms with Crippen LogP contribution < -0.4 is 5.73 Å². The van der Waals surface area contributed by atoms with Crippen molar-refractivity contribution in [2.75, 3.05) is 13.2 Å². The molecule has 4 nitrogen and oxygen atoms in total. The summed E-state index contributed by atoms with van der Waals surface area (Å²) in [6.07, 6.45) is 4.26. The molecule has 3 unspecified atom stereocenters. The smallest absolute Gasteiger partial charge is 0.109 e. The lowest BCUT2D eigenvalue weighted by Gasteiger charge is -2.37. The molecular formula is C13H21N3OS. The molecule has 0 amide bonds. The number of nitrogens with zero attached hydrogens (tertiary/aromatic N) is 2. The molecule has 1 aromatic heterocycles. The molecule has 1 aromatic rings. The van der Waals surface area contributed by atoms with E-state index in [2.05, 4.69) is 15.3 Å². The number of morpholine rings is 1. The Labute approximate surface area is 112 Å². The van der Waals surface area contributed by atoms with Gasteiger partial charge in [0.15, 0.2) is 0 Å². The van der Waals surface area contributed by atoms with Crippen molar-refractivity contribution in [3.8, 4) is 0 Å². The quantitative estimate of drug-likeness (QED) is 0.909. The van der Waals surface area contributed by atoms with Gasteiger partial charge in [-0.2, -0.15) is 0 Å². The van der Waals surface area contributed by atoms with Crippen LogP contribution in [0.1, 0.15) is 42.9 Å². The fourth-order valence-corrected chi connectivity index (χ4v) is 3.78. The Kier molecular flexibility index (Phi) is 3.66. The molecule has 0 bridgehead atoms. The third-order valence-electron chi connectivity index (χ3n) is 3.92. The van der Waals surface area contributed by atoms with E-state index in [4.69, 9.17) is 10.5 Å². The van der Waals surface area contributed by atoms with Gasteiger partial charge >= 0.3 is 0 Å². The average molecular weight is 267 g/mol. The summed E-state index contributed by atoms with van der Waals surface area (Å²) in [5.41, 5.74) is 7.03. The number of thiazole rings is 1. The van der Waals surface area contributed by atoms with E-state index in [1.165, 1.54) is 25.0 Å². The summed E-state index contributed by atoms with van der Waals surface area (Å²) in [6.45, 7) is 4.84. The second kappa shape index (κ2) is 5.25. The van der Waals surface area contributed by atoms with Gasteiger partial charge in [0.25, 0.3) is 0 Å². The van der Waals surface area contributed by atoms with Crippen LogP contribution in [0.4, 0.5) is 0 Å². The van der Waals surface area contributed by atoms with Gasteiger partial charge in [-0.15, -0.1) is 11.3 Å². The fraction of sp³-hybridized carbons (Fsp3) is 0.769. The Bertz CT molecular complexity index is 407. The Morgan fingerprint density at radius 2 is 2.50 bits per heavy atom. The standard InChI is InChI=1S/C13H21N3OS/c1-9(14)13-15-10(8-18-13)7-16-5-6-17-12-4-2-3-11(12)16/h8-9,11-12H,2-7,14H2,1H3. The van der Waals surface area contributed by atoms with Gasteiger partial charge < -0.3 is 10.5 Å². The van der Waals surface area contributed by atoms with Crippen LogP contribution in [0.2, 0.25) is 0 Å². The molecule has 1 saturated heterocycles. The van der Waals surface area contributed by atoms with Crippen molar-refractivity contribution in [1.82, 2.24) is 9.88 Å². The van der Waals surface area contributed by atoms with Crippen LogP contribution in [0.15, 0.2) is 5.38 Å². The van der Waals surface area contributed by atoms with Gasteiger partial charge in [0.2, 0.25) is 0 Å². The molecule has 1 saturated carbocycles. The van der Waals surface area contributed by atoms with E-state index >= 15 is 0 Å². The highest BCUT2D eigenvalue weighted by Gasteiger charge is 2.36. The highest BCUT2D eigenvalue weighted by molar-refractivity contribution is 7.09. The number of rotatable bonds is 3. The van der Waals surface area contributed by atoms with Crippen molar-refractivity contribution in [1.29, 1.82) is 0 Å². The largest absolute Gasteiger partial charge is 0.375 e.